The lowest BCUT2D eigenvalue weighted by atomic mass is 9.93. The van der Waals surface area contributed by atoms with Crippen LogP contribution in [0.2, 0.25) is 0 Å². The van der Waals surface area contributed by atoms with Crippen LogP contribution in [0.15, 0.2) is 48.5 Å². The van der Waals surface area contributed by atoms with Gasteiger partial charge in [0.05, 0.1) is 17.4 Å². The van der Waals surface area contributed by atoms with Crippen molar-refractivity contribution in [2.75, 3.05) is 80.6 Å². The number of carbonyl (C=O) groups is 3. The average molecular weight is 736 g/mol. The number of anilines is 3. The highest BCUT2D eigenvalue weighted by Crippen LogP contribution is 2.52. The van der Waals surface area contributed by atoms with Crippen LogP contribution in [0.25, 0.3) is 11.3 Å². The number of phenolic OH excluding ortho intramolecular Hbond substituents is 1. The van der Waals surface area contributed by atoms with E-state index in [0.717, 1.165) is 88.1 Å². The minimum atomic E-state index is -0.943. The zero-order valence-corrected chi connectivity index (χ0v) is 30.2. The third-order valence-corrected chi connectivity index (χ3v) is 13.3. The lowest BCUT2D eigenvalue weighted by Crippen LogP contribution is -2.58. The van der Waals surface area contributed by atoms with E-state index in [9.17, 15) is 19.5 Å². The second-order valence-electron chi connectivity index (χ2n) is 16.4. The number of aromatic nitrogens is 2. The Balaban J connectivity index is 0.695. The van der Waals surface area contributed by atoms with Gasteiger partial charge in [-0.1, -0.05) is 18.2 Å². The van der Waals surface area contributed by atoms with E-state index >= 15 is 4.39 Å². The van der Waals surface area contributed by atoms with Crippen LogP contribution >= 0.6 is 0 Å². The Morgan fingerprint density at radius 3 is 2.52 bits per heavy atom. The fourth-order valence-electron chi connectivity index (χ4n) is 10.3. The van der Waals surface area contributed by atoms with Gasteiger partial charge in [0.1, 0.15) is 18.0 Å². The van der Waals surface area contributed by atoms with Crippen molar-refractivity contribution in [2.45, 2.75) is 44.1 Å². The van der Waals surface area contributed by atoms with Gasteiger partial charge in [0.15, 0.2) is 5.82 Å². The highest BCUT2D eigenvalue weighted by molar-refractivity contribution is 6.05. The van der Waals surface area contributed by atoms with E-state index in [-0.39, 0.29) is 29.9 Å². The lowest BCUT2D eigenvalue weighted by molar-refractivity contribution is -0.136. The number of carbonyl (C=O) groups excluding carboxylic acids is 3. The minimum absolute atomic E-state index is 0.00194. The van der Waals surface area contributed by atoms with Gasteiger partial charge in [0, 0.05) is 101 Å². The number of imide groups is 1. The molecule has 10 rings (SSSR count). The van der Waals surface area contributed by atoms with Gasteiger partial charge in [-0.05, 0) is 66.5 Å². The standard InChI is InChI=1S/C40H46FN9O4/c41-32-22-48(25-6-5-23-17-50(40(54)28(23)13-25)34-7-8-37(52)43-39(34)53)10-9-24(32)16-47-20-30-29(31(30)21-47)19-46-11-12-49-26(18-46)15-42-38-35(49)14-33(44-45-38)27-3-1-2-4-36(27)51/h1-6,13-14,24,26,29-32,34,51H,7-12,15-22H2,(H,42,45)(H,43,52,53)/t24-,26+,29?,30-,31+,32+,34?/m1/s1. The van der Waals surface area contributed by atoms with E-state index in [1.165, 1.54) is 0 Å². The molecule has 3 N–H and O–H groups in total. The second kappa shape index (κ2) is 13.2. The largest absolute Gasteiger partial charge is 0.507 e. The molecule has 7 atom stereocenters. The number of fused-ring (bicyclic) bond motifs is 5. The van der Waals surface area contributed by atoms with E-state index in [0.29, 0.717) is 60.1 Å². The number of piperidine rings is 3. The molecule has 14 heteroatoms. The number of benzene rings is 2. The van der Waals surface area contributed by atoms with E-state index in [4.69, 9.17) is 0 Å². The number of nitrogens with zero attached hydrogens (tertiary/aromatic N) is 7. The molecule has 7 aliphatic rings. The summed E-state index contributed by atoms with van der Waals surface area (Å²) in [6.07, 6.45) is 0.386. The molecule has 282 valence electrons. The summed E-state index contributed by atoms with van der Waals surface area (Å²) in [6, 6.07) is 14.8. The summed E-state index contributed by atoms with van der Waals surface area (Å²) in [4.78, 5) is 48.6. The summed E-state index contributed by atoms with van der Waals surface area (Å²) in [6.45, 7) is 9.20. The number of amides is 3. The third kappa shape index (κ3) is 5.94. The van der Waals surface area contributed by atoms with Crippen molar-refractivity contribution in [3.63, 3.8) is 0 Å². The van der Waals surface area contributed by atoms with Crippen molar-refractivity contribution in [1.82, 2.24) is 30.2 Å². The van der Waals surface area contributed by atoms with Gasteiger partial charge in [0.2, 0.25) is 11.8 Å². The molecule has 3 amide bonds. The van der Waals surface area contributed by atoms with E-state index in [2.05, 4.69) is 40.4 Å². The number of aromatic hydroxyl groups is 1. The first-order chi connectivity index (χ1) is 26.3. The molecule has 2 aromatic carbocycles. The number of phenols is 1. The van der Waals surface area contributed by atoms with E-state index in [1.54, 1.807) is 11.0 Å². The number of likely N-dealkylation sites (tertiary alicyclic amines) is 1. The molecule has 0 spiro atoms. The summed E-state index contributed by atoms with van der Waals surface area (Å²) in [7, 11) is 0. The molecule has 13 nitrogen and oxygen atoms in total. The van der Waals surface area contributed by atoms with Crippen LogP contribution in [0.5, 0.6) is 5.75 Å². The molecular formula is C40H46FN9O4. The van der Waals surface area contributed by atoms with E-state index in [1.807, 2.05) is 42.5 Å². The van der Waals surface area contributed by atoms with Crippen LogP contribution in [0.4, 0.5) is 21.6 Å². The Morgan fingerprint density at radius 1 is 0.852 bits per heavy atom. The fourth-order valence-corrected chi connectivity index (χ4v) is 10.3. The Hall–Kier alpha value is -4.82. The highest BCUT2D eigenvalue weighted by Gasteiger charge is 2.56. The van der Waals surface area contributed by atoms with Crippen molar-refractivity contribution >= 4 is 34.9 Å². The first kappa shape index (κ1) is 33.7. The average Bonchev–Trinajstić information content (AvgIpc) is 3.44. The van der Waals surface area contributed by atoms with Gasteiger partial charge in [-0.2, -0.15) is 0 Å². The van der Waals surface area contributed by atoms with Crippen molar-refractivity contribution < 1.29 is 23.9 Å². The Kier molecular flexibility index (Phi) is 8.24. The molecule has 0 radical (unpaired) electrons. The van der Waals surface area contributed by atoms with Gasteiger partial charge >= 0.3 is 0 Å². The van der Waals surface area contributed by atoms with Gasteiger partial charge in [-0.15, -0.1) is 10.2 Å². The lowest BCUT2D eigenvalue weighted by Gasteiger charge is -2.46. The van der Waals surface area contributed by atoms with Crippen molar-refractivity contribution in [3.8, 4) is 17.0 Å². The van der Waals surface area contributed by atoms with Gasteiger partial charge in [-0.25, -0.2) is 4.39 Å². The first-order valence-corrected chi connectivity index (χ1v) is 19.6. The molecule has 6 aliphatic heterocycles. The maximum absolute atomic E-state index is 15.8. The monoisotopic (exact) mass is 735 g/mol. The summed E-state index contributed by atoms with van der Waals surface area (Å²) < 4.78 is 15.8. The predicted octanol–water partition coefficient (Wildman–Crippen LogP) is 2.57. The number of alkyl halides is 1. The number of nitrogens with one attached hydrogen (secondary N) is 2. The van der Waals surface area contributed by atoms with Gasteiger partial charge < -0.3 is 30.0 Å². The number of hydrogen-bond donors (Lipinski definition) is 3. The third-order valence-electron chi connectivity index (χ3n) is 13.3. The van der Waals surface area contributed by atoms with Crippen LogP contribution in [-0.4, -0.2) is 131 Å². The summed E-state index contributed by atoms with van der Waals surface area (Å²) in [5.74, 6) is 2.21. The zero-order chi connectivity index (χ0) is 36.7. The molecule has 7 heterocycles. The summed E-state index contributed by atoms with van der Waals surface area (Å²) in [5, 5.41) is 25.1. The fraction of sp³-hybridized carbons (Fsp3) is 0.525. The van der Waals surface area contributed by atoms with Crippen LogP contribution in [-0.2, 0) is 16.1 Å². The molecule has 4 saturated heterocycles. The quantitative estimate of drug-likeness (QED) is 0.309. The number of piperazine rings is 1. The molecular weight excluding hydrogens is 689 g/mol. The van der Waals surface area contributed by atoms with Crippen molar-refractivity contribution in [1.29, 1.82) is 0 Å². The van der Waals surface area contributed by atoms with Crippen LogP contribution in [0.1, 0.15) is 35.2 Å². The highest BCUT2D eigenvalue weighted by atomic mass is 19.1. The van der Waals surface area contributed by atoms with Crippen LogP contribution in [0, 0.1) is 23.7 Å². The Labute approximate surface area is 313 Å². The smallest absolute Gasteiger partial charge is 0.255 e. The normalized spacial score (nSPS) is 30.7. The molecule has 54 heavy (non-hydrogen) atoms. The topological polar surface area (TPSA) is 137 Å². The Bertz CT molecular complexity index is 2000. The number of halogens is 1. The molecule has 1 aliphatic carbocycles. The molecule has 3 aromatic rings. The van der Waals surface area contributed by atoms with Crippen molar-refractivity contribution in [2.24, 2.45) is 23.7 Å². The molecule has 2 unspecified atom stereocenters. The first-order valence-electron chi connectivity index (χ1n) is 19.6. The number of para-hydroxylation sites is 1. The number of rotatable bonds is 7. The van der Waals surface area contributed by atoms with Gasteiger partial charge in [0.25, 0.3) is 5.91 Å². The molecule has 1 saturated carbocycles. The maximum atomic E-state index is 15.8. The Morgan fingerprint density at radius 2 is 1.70 bits per heavy atom. The molecule has 5 fully saturated rings. The molecule has 1 aromatic heterocycles. The maximum Gasteiger partial charge on any atom is 0.255 e. The van der Waals surface area contributed by atoms with Crippen molar-refractivity contribution in [3.05, 3.63) is 59.7 Å². The summed E-state index contributed by atoms with van der Waals surface area (Å²) >= 11 is 0. The van der Waals surface area contributed by atoms with Crippen LogP contribution < -0.4 is 20.4 Å². The molecule has 0 bridgehead atoms. The minimum Gasteiger partial charge on any atom is -0.507 e. The number of hydrogen-bond acceptors (Lipinski definition) is 11. The second-order valence-corrected chi connectivity index (χ2v) is 16.4. The van der Waals surface area contributed by atoms with Crippen LogP contribution in [0.3, 0.4) is 0 Å². The predicted molar refractivity (Wildman–Crippen MR) is 200 cm³/mol. The van der Waals surface area contributed by atoms with E-state index < -0.39 is 18.1 Å². The zero-order valence-electron chi connectivity index (χ0n) is 30.2. The van der Waals surface area contributed by atoms with Gasteiger partial charge in [-0.3, -0.25) is 24.6 Å². The summed E-state index contributed by atoms with van der Waals surface area (Å²) in [5.41, 5.74) is 4.69. The SMILES string of the molecule is O=C1CCC(N2Cc3ccc(N4CC[C@H](CN5C[C@@H]6C(CN7CCN8c9cc(-c%10ccccc%10O)nnc9NC[C@H]8C7)[C@@H]6C5)[C@@H](F)C4)cc3C2=O)C(=O)N1.